The molecular weight excluding hydrogens is 216 g/mol. The molecule has 1 aromatic rings. The monoisotopic (exact) mass is 230 g/mol. The maximum Gasteiger partial charge on any atom is 0.340 e. The minimum Gasteiger partial charge on any atom is -0.374 e. The molecule has 0 saturated carbocycles. The van der Waals surface area contributed by atoms with E-state index in [4.69, 9.17) is 9.94 Å². The standard InChI is InChI=1S/C9H14N2O3S/c1-10-9(12)11(13)4-5-14-7-8-3-2-6-15-8/h2-3,6,13H,4-5,7H2,1H3,(H,10,12). The van der Waals surface area contributed by atoms with Crippen LogP contribution in [0, 0.1) is 0 Å². The van der Waals surface area contributed by atoms with E-state index in [1.54, 1.807) is 11.3 Å². The first-order valence-corrected chi connectivity index (χ1v) is 5.40. The SMILES string of the molecule is CNC(=O)N(O)CCOCc1cccs1. The van der Waals surface area contributed by atoms with Gasteiger partial charge in [-0.05, 0) is 11.4 Å². The minimum atomic E-state index is -0.533. The van der Waals surface area contributed by atoms with Gasteiger partial charge in [0.15, 0.2) is 0 Å². The lowest BCUT2D eigenvalue weighted by atomic mass is 10.5. The predicted molar refractivity (Wildman–Crippen MR) is 56.9 cm³/mol. The molecule has 0 aromatic carbocycles. The van der Waals surface area contributed by atoms with Crippen molar-refractivity contribution in [2.45, 2.75) is 6.61 Å². The molecule has 84 valence electrons. The fraction of sp³-hybridized carbons (Fsp3) is 0.444. The number of urea groups is 1. The van der Waals surface area contributed by atoms with E-state index in [0.717, 1.165) is 4.88 Å². The molecule has 0 aliphatic heterocycles. The second-order valence-electron chi connectivity index (χ2n) is 2.81. The largest absolute Gasteiger partial charge is 0.374 e. The molecular formula is C9H14N2O3S. The molecule has 0 aliphatic rings. The number of hydroxylamine groups is 2. The molecule has 0 radical (unpaired) electrons. The third-order valence-corrected chi connectivity index (χ3v) is 2.57. The van der Waals surface area contributed by atoms with Crippen molar-refractivity contribution < 1.29 is 14.7 Å². The van der Waals surface area contributed by atoms with Crippen LogP contribution in [0.3, 0.4) is 0 Å². The lowest BCUT2D eigenvalue weighted by Gasteiger charge is -2.13. The molecule has 0 bridgehead atoms. The summed E-state index contributed by atoms with van der Waals surface area (Å²) in [5.41, 5.74) is 0. The van der Waals surface area contributed by atoms with Gasteiger partial charge < -0.3 is 10.1 Å². The zero-order valence-electron chi connectivity index (χ0n) is 8.47. The maximum atomic E-state index is 10.8. The van der Waals surface area contributed by atoms with Gasteiger partial charge in [-0.15, -0.1) is 11.3 Å². The molecule has 15 heavy (non-hydrogen) atoms. The van der Waals surface area contributed by atoms with Crippen LogP contribution in [0.1, 0.15) is 4.88 Å². The van der Waals surface area contributed by atoms with Gasteiger partial charge in [-0.1, -0.05) is 6.07 Å². The fourth-order valence-electron chi connectivity index (χ4n) is 0.949. The summed E-state index contributed by atoms with van der Waals surface area (Å²) in [5.74, 6) is 0. The number of rotatable bonds is 5. The normalized spacial score (nSPS) is 10.0. The third kappa shape index (κ3) is 4.28. The molecule has 0 aliphatic carbocycles. The lowest BCUT2D eigenvalue weighted by Crippen LogP contribution is -2.37. The first-order valence-electron chi connectivity index (χ1n) is 4.52. The van der Waals surface area contributed by atoms with Crippen molar-refractivity contribution in [2.24, 2.45) is 0 Å². The van der Waals surface area contributed by atoms with Gasteiger partial charge in [-0.25, -0.2) is 9.86 Å². The molecule has 1 aromatic heterocycles. The average molecular weight is 230 g/mol. The van der Waals surface area contributed by atoms with Crippen molar-refractivity contribution in [1.82, 2.24) is 10.4 Å². The Labute approximate surface area is 92.2 Å². The van der Waals surface area contributed by atoms with Crippen LogP contribution in [0.4, 0.5) is 4.79 Å². The first-order chi connectivity index (χ1) is 7.24. The number of carbonyl (C=O) groups is 1. The van der Waals surface area contributed by atoms with E-state index >= 15 is 0 Å². The zero-order chi connectivity index (χ0) is 11.1. The van der Waals surface area contributed by atoms with Crippen LogP contribution < -0.4 is 5.32 Å². The van der Waals surface area contributed by atoms with Gasteiger partial charge >= 0.3 is 6.03 Å². The second kappa shape index (κ2) is 6.39. The summed E-state index contributed by atoms with van der Waals surface area (Å²) in [6, 6.07) is 3.39. The molecule has 0 spiro atoms. The number of amides is 2. The van der Waals surface area contributed by atoms with Crippen LogP contribution in [0.25, 0.3) is 0 Å². The second-order valence-corrected chi connectivity index (χ2v) is 3.84. The molecule has 6 heteroatoms. The van der Waals surface area contributed by atoms with Gasteiger partial charge in [0.2, 0.25) is 0 Å². The van der Waals surface area contributed by atoms with Crippen LogP contribution in [0.2, 0.25) is 0 Å². The van der Waals surface area contributed by atoms with Crippen molar-refractivity contribution >= 4 is 17.4 Å². The van der Waals surface area contributed by atoms with Crippen LogP contribution >= 0.6 is 11.3 Å². The number of hydrogen-bond acceptors (Lipinski definition) is 4. The summed E-state index contributed by atoms with van der Waals surface area (Å²) in [4.78, 5) is 12.0. The third-order valence-electron chi connectivity index (χ3n) is 1.72. The van der Waals surface area contributed by atoms with E-state index in [1.807, 2.05) is 17.5 Å². The van der Waals surface area contributed by atoms with Gasteiger partial charge in [-0.3, -0.25) is 5.21 Å². The number of ether oxygens (including phenoxy) is 1. The highest BCUT2D eigenvalue weighted by atomic mass is 32.1. The highest BCUT2D eigenvalue weighted by molar-refractivity contribution is 7.09. The lowest BCUT2D eigenvalue weighted by molar-refractivity contribution is -0.0604. The highest BCUT2D eigenvalue weighted by Crippen LogP contribution is 2.09. The summed E-state index contributed by atoms with van der Waals surface area (Å²) >= 11 is 1.61. The van der Waals surface area contributed by atoms with E-state index < -0.39 is 6.03 Å². The average Bonchev–Trinajstić information content (AvgIpc) is 2.75. The molecule has 2 amide bonds. The highest BCUT2D eigenvalue weighted by Gasteiger charge is 2.06. The molecule has 2 N–H and O–H groups in total. The Balaban J connectivity index is 2.09. The van der Waals surface area contributed by atoms with Crippen LogP contribution in [0.5, 0.6) is 0 Å². The van der Waals surface area contributed by atoms with Crippen molar-refractivity contribution in [2.75, 3.05) is 20.2 Å². The number of hydrogen-bond donors (Lipinski definition) is 2. The van der Waals surface area contributed by atoms with E-state index in [2.05, 4.69) is 5.32 Å². The summed E-state index contributed by atoms with van der Waals surface area (Å²) in [5, 5.41) is 14.0. The predicted octanol–water partition coefficient (Wildman–Crippen LogP) is 1.30. The molecule has 0 saturated heterocycles. The van der Waals surface area contributed by atoms with E-state index in [9.17, 15) is 4.79 Å². The Kier molecular flexibility index (Phi) is 5.09. The van der Waals surface area contributed by atoms with E-state index in [1.165, 1.54) is 7.05 Å². The van der Waals surface area contributed by atoms with E-state index in [-0.39, 0.29) is 6.54 Å². The van der Waals surface area contributed by atoms with Crippen molar-refractivity contribution in [3.63, 3.8) is 0 Å². The van der Waals surface area contributed by atoms with Gasteiger partial charge in [0, 0.05) is 11.9 Å². The van der Waals surface area contributed by atoms with Gasteiger partial charge in [0.1, 0.15) is 0 Å². The summed E-state index contributed by atoms with van der Waals surface area (Å²) in [7, 11) is 1.46. The molecule has 1 rings (SSSR count). The van der Waals surface area contributed by atoms with Gasteiger partial charge in [0.25, 0.3) is 0 Å². The maximum absolute atomic E-state index is 10.8. The Morgan fingerprint density at radius 2 is 2.53 bits per heavy atom. The van der Waals surface area contributed by atoms with E-state index in [0.29, 0.717) is 18.3 Å². The Bertz CT molecular complexity index is 290. The van der Waals surface area contributed by atoms with Crippen molar-refractivity contribution in [3.05, 3.63) is 22.4 Å². The molecule has 0 fully saturated rings. The van der Waals surface area contributed by atoms with Crippen molar-refractivity contribution in [1.29, 1.82) is 0 Å². The molecule has 5 nitrogen and oxygen atoms in total. The number of thiophene rings is 1. The Hall–Kier alpha value is -1.11. The number of nitrogens with zero attached hydrogens (tertiary/aromatic N) is 1. The van der Waals surface area contributed by atoms with Gasteiger partial charge in [0.05, 0.1) is 19.8 Å². The summed E-state index contributed by atoms with van der Waals surface area (Å²) in [6.45, 7) is 0.978. The van der Waals surface area contributed by atoms with Crippen molar-refractivity contribution in [3.8, 4) is 0 Å². The van der Waals surface area contributed by atoms with Gasteiger partial charge in [-0.2, -0.15) is 0 Å². The fourth-order valence-corrected chi connectivity index (χ4v) is 1.59. The Morgan fingerprint density at radius 3 is 3.13 bits per heavy atom. The summed E-state index contributed by atoms with van der Waals surface area (Å²) in [6.07, 6.45) is 0. The number of nitrogens with one attached hydrogen (secondary N) is 1. The molecule has 1 heterocycles. The topological polar surface area (TPSA) is 61.8 Å². The Morgan fingerprint density at radius 1 is 1.73 bits per heavy atom. The first kappa shape index (κ1) is 12.0. The summed E-state index contributed by atoms with van der Waals surface area (Å²) < 4.78 is 5.27. The molecule has 0 atom stereocenters. The zero-order valence-corrected chi connectivity index (χ0v) is 9.29. The van der Waals surface area contributed by atoms with Crippen LogP contribution in [-0.2, 0) is 11.3 Å². The smallest absolute Gasteiger partial charge is 0.340 e. The molecule has 0 unspecified atom stereocenters. The minimum absolute atomic E-state index is 0.158. The van der Waals surface area contributed by atoms with Crippen LogP contribution in [0.15, 0.2) is 17.5 Å². The van der Waals surface area contributed by atoms with Crippen LogP contribution in [-0.4, -0.2) is 36.5 Å². The number of carbonyl (C=O) groups excluding carboxylic acids is 1. The quantitative estimate of drug-likeness (QED) is 0.455.